The topological polar surface area (TPSA) is 82.5 Å². The molecule has 0 aliphatic carbocycles. The van der Waals surface area contributed by atoms with Crippen molar-refractivity contribution in [2.24, 2.45) is 0 Å². The van der Waals surface area contributed by atoms with Crippen LogP contribution >= 0.6 is 0 Å². The molecule has 32 heavy (non-hydrogen) atoms. The van der Waals surface area contributed by atoms with E-state index in [-0.39, 0.29) is 11.7 Å². The first-order valence-corrected chi connectivity index (χ1v) is 11.1. The lowest BCUT2D eigenvalue weighted by Gasteiger charge is -2.43. The van der Waals surface area contributed by atoms with Gasteiger partial charge in [0, 0.05) is 44.8 Å². The van der Waals surface area contributed by atoms with E-state index in [9.17, 15) is 9.90 Å². The number of benzene rings is 1. The molecule has 0 spiro atoms. The molecule has 7 heteroatoms. The quantitative estimate of drug-likeness (QED) is 0.642. The summed E-state index contributed by atoms with van der Waals surface area (Å²) < 4.78 is 0. The molecule has 2 aromatic heterocycles. The zero-order valence-corrected chi connectivity index (χ0v) is 18.6. The smallest absolute Gasteiger partial charge is 0.255 e. The third-order valence-electron chi connectivity index (χ3n) is 6.28. The molecule has 3 aromatic rings. The highest BCUT2D eigenvalue weighted by Crippen LogP contribution is 2.41. The molecule has 166 valence electrons. The number of anilines is 1. The third-order valence-corrected chi connectivity index (χ3v) is 6.28. The first-order chi connectivity index (χ1) is 15.6. The summed E-state index contributed by atoms with van der Waals surface area (Å²) in [7, 11) is 0. The summed E-state index contributed by atoms with van der Waals surface area (Å²) >= 11 is 0. The lowest BCUT2D eigenvalue weighted by molar-refractivity contribution is 0.0772. The van der Waals surface area contributed by atoms with Crippen LogP contribution in [0.3, 0.4) is 0 Å². The van der Waals surface area contributed by atoms with E-state index in [1.165, 1.54) is 0 Å². The van der Waals surface area contributed by atoms with Crippen LogP contribution < -0.4 is 4.90 Å². The largest absolute Gasteiger partial charge is 0.508 e. The Hall–Kier alpha value is -3.48. The average molecular weight is 432 g/mol. The van der Waals surface area contributed by atoms with Gasteiger partial charge in [0.05, 0.1) is 16.7 Å². The van der Waals surface area contributed by atoms with Crippen LogP contribution in [0.4, 0.5) is 5.95 Å². The van der Waals surface area contributed by atoms with Gasteiger partial charge in [-0.15, -0.1) is 0 Å². The second-order valence-corrected chi connectivity index (χ2v) is 8.12. The molecule has 7 nitrogen and oxygen atoms in total. The fourth-order valence-corrected chi connectivity index (χ4v) is 4.57. The first kappa shape index (κ1) is 21.7. The molecule has 0 radical (unpaired) electrons. The minimum absolute atomic E-state index is 0.0107. The molecule has 0 saturated carbocycles. The molecule has 1 unspecified atom stereocenters. The Kier molecular flexibility index (Phi) is 6.35. The van der Waals surface area contributed by atoms with E-state index in [0.717, 1.165) is 30.6 Å². The Balaban J connectivity index is 1.74. The van der Waals surface area contributed by atoms with Gasteiger partial charge in [-0.05, 0) is 62.6 Å². The Labute approximate surface area is 188 Å². The molecule has 1 atom stereocenters. The minimum Gasteiger partial charge on any atom is -0.508 e. The number of phenols is 1. The summed E-state index contributed by atoms with van der Waals surface area (Å²) in [6, 6.07) is 13.0. The number of pyridine rings is 1. The highest BCUT2D eigenvalue weighted by Gasteiger charge is 2.41. The van der Waals surface area contributed by atoms with Gasteiger partial charge in [-0.25, -0.2) is 9.97 Å². The van der Waals surface area contributed by atoms with Crippen molar-refractivity contribution in [1.82, 2.24) is 19.9 Å². The van der Waals surface area contributed by atoms with E-state index in [1.807, 2.05) is 50.2 Å². The van der Waals surface area contributed by atoms with Crippen LogP contribution in [0, 0.1) is 0 Å². The van der Waals surface area contributed by atoms with Crippen molar-refractivity contribution in [3.63, 3.8) is 0 Å². The van der Waals surface area contributed by atoms with Gasteiger partial charge < -0.3 is 14.9 Å². The summed E-state index contributed by atoms with van der Waals surface area (Å²) in [5.41, 5.74) is 2.00. The lowest BCUT2D eigenvalue weighted by Crippen LogP contribution is -2.48. The van der Waals surface area contributed by atoms with Crippen LogP contribution in [0.2, 0.25) is 0 Å². The Morgan fingerprint density at radius 3 is 2.53 bits per heavy atom. The lowest BCUT2D eigenvalue weighted by atomic mass is 9.71. The number of rotatable bonds is 6. The molecule has 3 heterocycles. The standard InChI is InChI=1S/C25H29N5O2/c1-3-29(4-2)23(32)19-10-11-22(28-17-19)25(20-8-5-9-21(31)16-20)12-6-15-30(18-25)24-26-13-7-14-27-24/h5,7-11,13-14,16-17,31H,3-4,6,12,15,18H2,1-2H3. The molecule has 1 aromatic carbocycles. The molecule has 1 aliphatic rings. The number of aromatic hydroxyl groups is 1. The molecule has 1 fully saturated rings. The molecule has 0 bridgehead atoms. The number of piperidine rings is 1. The average Bonchev–Trinajstić information content (AvgIpc) is 2.85. The summed E-state index contributed by atoms with van der Waals surface area (Å²) in [6.07, 6.45) is 6.97. The number of amides is 1. The van der Waals surface area contributed by atoms with Gasteiger partial charge in [-0.2, -0.15) is 0 Å². The highest BCUT2D eigenvalue weighted by atomic mass is 16.3. The maximum absolute atomic E-state index is 12.8. The summed E-state index contributed by atoms with van der Waals surface area (Å²) in [4.78, 5) is 30.4. The monoisotopic (exact) mass is 431 g/mol. The van der Waals surface area contributed by atoms with E-state index >= 15 is 0 Å². The third kappa shape index (κ3) is 4.15. The van der Waals surface area contributed by atoms with Gasteiger partial charge in [-0.1, -0.05) is 12.1 Å². The second kappa shape index (κ2) is 9.34. The molecule has 1 amide bonds. The summed E-state index contributed by atoms with van der Waals surface area (Å²) in [5, 5.41) is 10.2. The van der Waals surface area contributed by atoms with E-state index in [1.54, 1.807) is 29.6 Å². The van der Waals surface area contributed by atoms with Crippen molar-refractivity contribution in [1.29, 1.82) is 0 Å². The van der Waals surface area contributed by atoms with Crippen molar-refractivity contribution in [3.8, 4) is 5.75 Å². The Morgan fingerprint density at radius 1 is 1.09 bits per heavy atom. The van der Waals surface area contributed by atoms with Gasteiger partial charge in [0.1, 0.15) is 5.75 Å². The van der Waals surface area contributed by atoms with Gasteiger partial charge in [0.15, 0.2) is 0 Å². The van der Waals surface area contributed by atoms with Crippen LogP contribution in [0.5, 0.6) is 5.75 Å². The normalized spacial score (nSPS) is 18.4. The summed E-state index contributed by atoms with van der Waals surface area (Å²) in [5.74, 6) is 0.900. The fraction of sp³-hybridized carbons (Fsp3) is 0.360. The van der Waals surface area contributed by atoms with Crippen molar-refractivity contribution in [2.75, 3.05) is 31.1 Å². The van der Waals surface area contributed by atoms with Gasteiger partial charge in [-0.3, -0.25) is 9.78 Å². The fourth-order valence-electron chi connectivity index (χ4n) is 4.57. The number of carbonyl (C=O) groups excluding carboxylic acids is 1. The SMILES string of the molecule is CCN(CC)C(=O)c1ccc(C2(c3cccc(O)c3)CCCN(c3ncccn3)C2)nc1. The Morgan fingerprint density at radius 2 is 1.88 bits per heavy atom. The van der Waals surface area contributed by atoms with Crippen molar-refractivity contribution in [2.45, 2.75) is 32.1 Å². The number of hydrogen-bond donors (Lipinski definition) is 1. The first-order valence-electron chi connectivity index (χ1n) is 11.1. The number of hydrogen-bond acceptors (Lipinski definition) is 6. The van der Waals surface area contributed by atoms with Crippen molar-refractivity contribution in [3.05, 3.63) is 77.9 Å². The molecular formula is C25H29N5O2. The number of nitrogens with zero attached hydrogens (tertiary/aromatic N) is 5. The Bertz CT molecular complexity index is 1050. The number of aromatic nitrogens is 3. The number of phenolic OH excluding ortho intramolecular Hbond substituents is 1. The minimum atomic E-state index is -0.451. The predicted octanol–water partition coefficient (Wildman–Crippen LogP) is 3.65. The van der Waals surface area contributed by atoms with Crippen molar-refractivity contribution < 1.29 is 9.90 Å². The van der Waals surface area contributed by atoms with E-state index in [2.05, 4.69) is 14.9 Å². The molecule has 1 N–H and O–H groups in total. The predicted molar refractivity (Wildman–Crippen MR) is 124 cm³/mol. The molecular weight excluding hydrogens is 402 g/mol. The van der Waals surface area contributed by atoms with Crippen LogP contribution in [0.1, 0.15) is 48.3 Å². The van der Waals surface area contributed by atoms with E-state index in [4.69, 9.17) is 4.98 Å². The van der Waals surface area contributed by atoms with Crippen LogP contribution in [0.25, 0.3) is 0 Å². The molecule has 1 saturated heterocycles. The second-order valence-electron chi connectivity index (χ2n) is 8.12. The maximum Gasteiger partial charge on any atom is 0.255 e. The van der Waals surface area contributed by atoms with Gasteiger partial charge >= 0.3 is 0 Å². The maximum atomic E-state index is 12.8. The van der Waals surface area contributed by atoms with E-state index in [0.29, 0.717) is 31.1 Å². The van der Waals surface area contributed by atoms with Gasteiger partial charge in [0.25, 0.3) is 5.91 Å². The zero-order chi connectivity index (χ0) is 22.6. The van der Waals surface area contributed by atoms with E-state index < -0.39 is 5.41 Å². The van der Waals surface area contributed by atoms with Crippen LogP contribution in [-0.2, 0) is 5.41 Å². The number of carbonyl (C=O) groups is 1. The zero-order valence-electron chi connectivity index (χ0n) is 18.6. The molecule has 4 rings (SSSR count). The van der Waals surface area contributed by atoms with Crippen LogP contribution in [0.15, 0.2) is 61.1 Å². The summed E-state index contributed by atoms with van der Waals surface area (Å²) in [6.45, 7) is 6.76. The molecule has 1 aliphatic heterocycles. The van der Waals surface area contributed by atoms with Crippen LogP contribution in [-0.4, -0.2) is 57.0 Å². The van der Waals surface area contributed by atoms with Crippen molar-refractivity contribution >= 4 is 11.9 Å². The highest BCUT2D eigenvalue weighted by molar-refractivity contribution is 5.93. The van der Waals surface area contributed by atoms with Gasteiger partial charge in [0.2, 0.25) is 5.95 Å².